The normalized spacial score (nSPS) is 22.6. The van der Waals surface area contributed by atoms with Crippen molar-refractivity contribution in [1.29, 1.82) is 0 Å². The first-order valence-electron chi connectivity index (χ1n) is 4.18. The third-order valence-corrected chi connectivity index (χ3v) is 2.36. The minimum atomic E-state index is -1.30. The molecule has 1 aliphatic carbocycles. The van der Waals surface area contributed by atoms with Crippen molar-refractivity contribution in [3.8, 4) is 0 Å². The molecule has 0 amide bonds. The van der Waals surface area contributed by atoms with E-state index in [4.69, 9.17) is 10.2 Å². The van der Waals surface area contributed by atoms with E-state index in [0.29, 0.717) is 0 Å². The molecule has 0 heterocycles. The van der Waals surface area contributed by atoms with E-state index < -0.39 is 6.29 Å². The van der Waals surface area contributed by atoms with Gasteiger partial charge in [0.25, 0.3) is 0 Å². The van der Waals surface area contributed by atoms with Crippen LogP contribution >= 0.6 is 0 Å². The van der Waals surface area contributed by atoms with E-state index in [9.17, 15) is 0 Å². The molecule has 0 aromatic carbocycles. The number of hydrogen-bond donors (Lipinski definition) is 2. The van der Waals surface area contributed by atoms with E-state index in [1.807, 2.05) is 6.92 Å². The molecule has 0 unspecified atom stereocenters. The summed E-state index contributed by atoms with van der Waals surface area (Å²) in [6.45, 7) is 1.90. The van der Waals surface area contributed by atoms with E-state index in [0.717, 1.165) is 36.1 Å². The fourth-order valence-corrected chi connectivity index (χ4v) is 1.61. The van der Waals surface area contributed by atoms with Crippen LogP contribution in [0.25, 0.3) is 0 Å². The van der Waals surface area contributed by atoms with E-state index in [1.165, 1.54) is 0 Å². The molecule has 3 nitrogen and oxygen atoms in total. The SMILES string of the molecule is CN=C1CCCC(C(O)O)=C1C. The van der Waals surface area contributed by atoms with Crippen molar-refractivity contribution < 1.29 is 10.2 Å². The van der Waals surface area contributed by atoms with Crippen LogP contribution in [0.15, 0.2) is 16.1 Å². The molecule has 0 spiro atoms. The van der Waals surface area contributed by atoms with Crippen LogP contribution in [0.3, 0.4) is 0 Å². The standard InChI is InChI=1S/C9H15NO2/c1-6-7(9(11)12)4-3-5-8(6)10-2/h9,11-12H,3-5H2,1-2H3. The summed E-state index contributed by atoms with van der Waals surface area (Å²) in [6.07, 6.45) is 1.40. The Labute approximate surface area is 72.4 Å². The van der Waals surface area contributed by atoms with Gasteiger partial charge >= 0.3 is 0 Å². The number of hydrogen-bond acceptors (Lipinski definition) is 3. The molecule has 0 atom stereocenters. The quantitative estimate of drug-likeness (QED) is 0.572. The fourth-order valence-electron chi connectivity index (χ4n) is 1.61. The number of nitrogens with zero attached hydrogens (tertiary/aromatic N) is 1. The topological polar surface area (TPSA) is 52.8 Å². The minimum absolute atomic E-state index is 0.724. The van der Waals surface area contributed by atoms with E-state index in [2.05, 4.69) is 4.99 Å². The predicted molar refractivity (Wildman–Crippen MR) is 48.1 cm³/mol. The average Bonchev–Trinajstić information content (AvgIpc) is 2.04. The molecular weight excluding hydrogens is 154 g/mol. The van der Waals surface area contributed by atoms with Gasteiger partial charge < -0.3 is 10.2 Å². The summed E-state index contributed by atoms with van der Waals surface area (Å²) in [4.78, 5) is 4.10. The lowest BCUT2D eigenvalue weighted by Crippen LogP contribution is -2.18. The van der Waals surface area contributed by atoms with Gasteiger partial charge in [-0.2, -0.15) is 0 Å². The number of aliphatic imine (C=N–C) groups is 1. The van der Waals surface area contributed by atoms with Crippen molar-refractivity contribution in [3.63, 3.8) is 0 Å². The van der Waals surface area contributed by atoms with Gasteiger partial charge in [0.1, 0.15) is 0 Å². The first-order chi connectivity index (χ1) is 5.66. The third-order valence-electron chi connectivity index (χ3n) is 2.36. The first kappa shape index (κ1) is 9.42. The summed E-state index contributed by atoms with van der Waals surface area (Å²) in [5.41, 5.74) is 2.69. The van der Waals surface area contributed by atoms with Gasteiger partial charge in [0, 0.05) is 12.8 Å². The molecule has 0 fully saturated rings. The Hall–Kier alpha value is -0.670. The van der Waals surface area contributed by atoms with Crippen LogP contribution in [0.5, 0.6) is 0 Å². The highest BCUT2D eigenvalue weighted by Crippen LogP contribution is 2.24. The molecule has 1 aliphatic rings. The second-order valence-corrected chi connectivity index (χ2v) is 3.05. The van der Waals surface area contributed by atoms with Crippen molar-refractivity contribution in [3.05, 3.63) is 11.1 Å². The Morgan fingerprint density at radius 3 is 2.50 bits per heavy atom. The van der Waals surface area contributed by atoms with Gasteiger partial charge in [0.05, 0.1) is 0 Å². The van der Waals surface area contributed by atoms with Gasteiger partial charge in [0.15, 0.2) is 6.29 Å². The molecule has 0 saturated heterocycles. The Bertz CT molecular complexity index is 229. The Balaban J connectivity index is 2.95. The molecule has 0 aliphatic heterocycles. The van der Waals surface area contributed by atoms with E-state index in [1.54, 1.807) is 7.05 Å². The Morgan fingerprint density at radius 2 is 2.00 bits per heavy atom. The van der Waals surface area contributed by atoms with Crippen molar-refractivity contribution in [1.82, 2.24) is 0 Å². The van der Waals surface area contributed by atoms with Crippen molar-refractivity contribution >= 4 is 5.71 Å². The lowest BCUT2D eigenvalue weighted by atomic mass is 9.90. The lowest BCUT2D eigenvalue weighted by Gasteiger charge is -2.20. The van der Waals surface area contributed by atoms with Crippen LogP contribution in [-0.4, -0.2) is 29.3 Å². The summed E-state index contributed by atoms with van der Waals surface area (Å²) < 4.78 is 0. The molecule has 12 heavy (non-hydrogen) atoms. The van der Waals surface area contributed by atoms with Crippen molar-refractivity contribution in [2.75, 3.05) is 7.05 Å². The third kappa shape index (κ3) is 1.73. The van der Waals surface area contributed by atoms with Crippen LogP contribution < -0.4 is 0 Å². The largest absolute Gasteiger partial charge is 0.365 e. The van der Waals surface area contributed by atoms with Gasteiger partial charge in [-0.3, -0.25) is 4.99 Å². The lowest BCUT2D eigenvalue weighted by molar-refractivity contribution is -0.0112. The second kappa shape index (κ2) is 3.83. The molecule has 68 valence electrons. The molecule has 0 aromatic rings. The summed E-state index contributed by atoms with van der Waals surface area (Å²) in [5, 5.41) is 18.0. The molecule has 0 saturated carbocycles. The zero-order valence-electron chi connectivity index (χ0n) is 7.54. The van der Waals surface area contributed by atoms with Crippen LogP contribution in [0.1, 0.15) is 26.2 Å². The highest BCUT2D eigenvalue weighted by Gasteiger charge is 2.18. The maximum atomic E-state index is 9.00. The van der Waals surface area contributed by atoms with Gasteiger partial charge in [-0.25, -0.2) is 0 Å². The highest BCUT2D eigenvalue weighted by atomic mass is 16.5. The molecule has 0 aromatic heterocycles. The summed E-state index contributed by atoms with van der Waals surface area (Å²) in [6, 6.07) is 0. The van der Waals surface area contributed by atoms with Crippen LogP contribution in [0.2, 0.25) is 0 Å². The van der Waals surface area contributed by atoms with E-state index in [-0.39, 0.29) is 0 Å². The van der Waals surface area contributed by atoms with Gasteiger partial charge in [0.2, 0.25) is 0 Å². The monoisotopic (exact) mass is 169 g/mol. The predicted octanol–water partition coefficient (Wildman–Crippen LogP) is 0.868. The summed E-state index contributed by atoms with van der Waals surface area (Å²) >= 11 is 0. The molecule has 1 rings (SSSR count). The van der Waals surface area contributed by atoms with Crippen LogP contribution in [-0.2, 0) is 0 Å². The van der Waals surface area contributed by atoms with Crippen molar-refractivity contribution in [2.45, 2.75) is 32.5 Å². The molecular formula is C9H15NO2. The Kier molecular flexibility index (Phi) is 3.00. The highest BCUT2D eigenvalue weighted by molar-refractivity contribution is 6.01. The molecule has 3 heteroatoms. The van der Waals surface area contributed by atoms with Gasteiger partial charge in [-0.1, -0.05) is 0 Å². The number of aliphatic hydroxyl groups excluding tert-OH is 1. The van der Waals surface area contributed by atoms with E-state index >= 15 is 0 Å². The maximum absolute atomic E-state index is 9.00. The van der Waals surface area contributed by atoms with Crippen molar-refractivity contribution in [2.24, 2.45) is 4.99 Å². The van der Waals surface area contributed by atoms with Crippen LogP contribution in [0.4, 0.5) is 0 Å². The molecule has 0 radical (unpaired) electrons. The summed E-state index contributed by atoms with van der Waals surface area (Å²) in [7, 11) is 1.74. The van der Waals surface area contributed by atoms with Gasteiger partial charge in [-0.15, -0.1) is 0 Å². The minimum Gasteiger partial charge on any atom is -0.365 e. The summed E-state index contributed by atoms with van der Waals surface area (Å²) in [5.74, 6) is 0. The molecule has 0 bridgehead atoms. The number of allylic oxidation sites excluding steroid dienone is 1. The Morgan fingerprint density at radius 1 is 1.33 bits per heavy atom. The molecule has 2 N–H and O–H groups in total. The van der Waals surface area contributed by atoms with Crippen LogP contribution in [0, 0.1) is 0 Å². The fraction of sp³-hybridized carbons (Fsp3) is 0.667. The van der Waals surface area contributed by atoms with Gasteiger partial charge in [-0.05, 0) is 37.3 Å². The zero-order valence-corrected chi connectivity index (χ0v) is 7.54. The smallest absolute Gasteiger partial charge is 0.174 e. The zero-order chi connectivity index (χ0) is 9.14. The first-order valence-corrected chi connectivity index (χ1v) is 4.18. The average molecular weight is 169 g/mol. The maximum Gasteiger partial charge on any atom is 0.174 e. The second-order valence-electron chi connectivity index (χ2n) is 3.05. The number of rotatable bonds is 1. The number of aliphatic hydroxyl groups is 2.